The monoisotopic (exact) mass is 389 g/mol. The van der Waals surface area contributed by atoms with Gasteiger partial charge in [0.1, 0.15) is 6.08 Å². The third-order valence-corrected chi connectivity index (χ3v) is 7.71. The Hall–Kier alpha value is -1.91. The lowest BCUT2D eigenvalue weighted by molar-refractivity contribution is -0.161. The highest BCUT2D eigenvalue weighted by Gasteiger charge is 2.59. The zero-order valence-corrected chi connectivity index (χ0v) is 16.5. The van der Waals surface area contributed by atoms with E-state index in [9.17, 15) is 14.4 Å². The summed E-state index contributed by atoms with van der Waals surface area (Å²) in [4.78, 5) is 35.0. The molecule has 1 N–H and O–H groups in total. The van der Waals surface area contributed by atoms with Crippen LogP contribution in [0.4, 0.5) is 0 Å². The summed E-state index contributed by atoms with van der Waals surface area (Å²) in [6, 6.07) is 0. The van der Waals surface area contributed by atoms with Crippen molar-refractivity contribution in [2.75, 3.05) is 0 Å². The van der Waals surface area contributed by atoms with Gasteiger partial charge in [0.05, 0.1) is 14.2 Å². The van der Waals surface area contributed by atoms with Crippen LogP contribution >= 0.6 is 0 Å². The van der Waals surface area contributed by atoms with Gasteiger partial charge in [-0.2, -0.15) is 0 Å². The van der Waals surface area contributed by atoms with Gasteiger partial charge in [0, 0.05) is 13.6 Å². The number of carbonyl (C=O) groups excluding carboxylic acids is 2. The first-order valence-electron chi connectivity index (χ1n) is 11.7. The van der Waals surface area contributed by atoms with E-state index in [1.807, 2.05) is 13.0 Å². The Morgan fingerprint density at radius 3 is 2.82 bits per heavy atom. The van der Waals surface area contributed by atoms with Gasteiger partial charge in [-0.05, 0) is 68.4 Å². The number of carboxylic acid groups (broad SMARTS) is 1. The average molecular weight is 390 g/mol. The Labute approximate surface area is 170 Å². The van der Waals surface area contributed by atoms with Crippen molar-refractivity contribution in [3.05, 3.63) is 23.8 Å². The number of allylic oxidation sites excluding steroid dienone is 4. The molecule has 0 amide bonds. The smallest absolute Gasteiger partial charge is 0.306 e. The van der Waals surface area contributed by atoms with Crippen molar-refractivity contribution in [1.82, 2.24) is 0 Å². The highest BCUT2D eigenvalue weighted by Crippen LogP contribution is 2.64. The molecule has 4 aliphatic rings. The molecule has 0 aliphatic heterocycles. The molecule has 0 radical (unpaired) electrons. The van der Waals surface area contributed by atoms with E-state index in [4.69, 9.17) is 14.0 Å². The van der Waals surface area contributed by atoms with Crippen molar-refractivity contribution >= 4 is 17.7 Å². The number of fused-ring (bicyclic) bond motifs is 5. The van der Waals surface area contributed by atoms with Crippen LogP contribution in [0.5, 0.6) is 0 Å². The molecule has 28 heavy (non-hydrogen) atoms. The minimum atomic E-state index is -2.05. The van der Waals surface area contributed by atoms with E-state index in [-0.39, 0.29) is 41.8 Å². The second-order valence-electron chi connectivity index (χ2n) is 9.14. The van der Waals surface area contributed by atoms with Gasteiger partial charge < -0.3 is 9.84 Å². The van der Waals surface area contributed by atoms with Crippen LogP contribution in [-0.2, 0) is 19.1 Å². The summed E-state index contributed by atoms with van der Waals surface area (Å²) in [5.41, 5.74) is 0.0432. The number of hydrogen-bond acceptors (Lipinski definition) is 4. The van der Waals surface area contributed by atoms with Crippen LogP contribution in [0, 0.1) is 28.6 Å². The second-order valence-corrected chi connectivity index (χ2v) is 9.14. The van der Waals surface area contributed by atoms with Crippen molar-refractivity contribution < 1.29 is 28.3 Å². The van der Waals surface area contributed by atoms with Crippen molar-refractivity contribution in [2.24, 2.45) is 28.6 Å². The van der Waals surface area contributed by atoms with E-state index in [0.717, 1.165) is 24.8 Å². The largest absolute Gasteiger partial charge is 0.481 e. The molecule has 0 spiro atoms. The van der Waals surface area contributed by atoms with Crippen LogP contribution in [0.3, 0.4) is 0 Å². The maximum absolute atomic E-state index is 12.3. The summed E-state index contributed by atoms with van der Waals surface area (Å²) in [6.45, 7) is 4.02. The molecule has 3 saturated carbocycles. The SMILES string of the molecule is [2H]C1([2H])CC2C3CCC4=CC(=O)C=C[C@]4(C)C3CC[C@]2(C)[C@@]1([2H])OC(=O)CCC(=O)O. The van der Waals surface area contributed by atoms with Crippen LogP contribution in [0.25, 0.3) is 0 Å². The number of carbonyl (C=O) groups is 3. The number of rotatable bonds is 4. The minimum absolute atomic E-state index is 0.0159. The lowest BCUT2D eigenvalue weighted by Crippen LogP contribution is -2.51. The molecule has 3 fully saturated rings. The van der Waals surface area contributed by atoms with E-state index >= 15 is 0 Å². The van der Waals surface area contributed by atoms with E-state index < -0.39 is 36.2 Å². The summed E-state index contributed by atoms with van der Waals surface area (Å²) < 4.78 is 31.8. The highest BCUT2D eigenvalue weighted by atomic mass is 16.5. The number of aliphatic carboxylic acids is 1. The number of ketones is 1. The van der Waals surface area contributed by atoms with Gasteiger partial charge in [-0.1, -0.05) is 25.5 Å². The molecule has 0 aromatic rings. The molecule has 0 aromatic heterocycles. The fourth-order valence-electron chi connectivity index (χ4n) is 6.11. The first kappa shape index (κ1) is 15.9. The van der Waals surface area contributed by atoms with Crippen molar-refractivity contribution in [3.63, 3.8) is 0 Å². The fraction of sp³-hybridized carbons (Fsp3) is 0.696. The van der Waals surface area contributed by atoms with Crippen molar-refractivity contribution in [1.29, 1.82) is 0 Å². The Bertz CT molecular complexity index is 896. The van der Waals surface area contributed by atoms with Gasteiger partial charge >= 0.3 is 11.9 Å². The Balaban J connectivity index is 1.64. The van der Waals surface area contributed by atoms with Gasteiger partial charge in [-0.25, -0.2) is 0 Å². The maximum Gasteiger partial charge on any atom is 0.306 e. The van der Waals surface area contributed by atoms with E-state index in [1.54, 1.807) is 12.2 Å². The minimum Gasteiger partial charge on any atom is -0.481 e. The molecule has 0 heterocycles. The first-order chi connectivity index (χ1) is 14.3. The third kappa shape index (κ3) is 3.03. The number of hydrogen-bond donors (Lipinski definition) is 1. The molecule has 0 aromatic carbocycles. The second kappa shape index (κ2) is 6.85. The lowest BCUT2D eigenvalue weighted by atomic mass is 9.48. The Morgan fingerprint density at radius 1 is 1.29 bits per heavy atom. The Kier molecular flexibility index (Phi) is 3.90. The summed E-state index contributed by atoms with van der Waals surface area (Å²) in [5, 5.41) is 8.83. The quantitative estimate of drug-likeness (QED) is 0.733. The zero-order chi connectivity index (χ0) is 22.8. The molecule has 4 rings (SSSR count). The number of ether oxygens (including phenoxy) is 1. The first-order valence-corrected chi connectivity index (χ1v) is 10.2. The summed E-state index contributed by atoms with van der Waals surface area (Å²) in [5.74, 6) is -1.67. The molecule has 5 heteroatoms. The fourth-order valence-corrected chi connectivity index (χ4v) is 6.11. The van der Waals surface area contributed by atoms with Gasteiger partial charge in [0.25, 0.3) is 0 Å². The molecule has 3 unspecified atom stereocenters. The molecule has 0 bridgehead atoms. The van der Waals surface area contributed by atoms with Gasteiger partial charge in [0.15, 0.2) is 5.78 Å². The summed E-state index contributed by atoms with van der Waals surface area (Å²) in [7, 11) is 0. The van der Waals surface area contributed by atoms with Gasteiger partial charge in [-0.15, -0.1) is 0 Å². The summed E-state index contributed by atoms with van der Waals surface area (Å²) >= 11 is 0. The molecule has 4 aliphatic carbocycles. The highest BCUT2D eigenvalue weighted by molar-refractivity contribution is 6.01. The topological polar surface area (TPSA) is 80.7 Å². The number of esters is 1. The molecule has 152 valence electrons. The van der Waals surface area contributed by atoms with Crippen LogP contribution in [0.15, 0.2) is 23.8 Å². The predicted molar refractivity (Wildman–Crippen MR) is 103 cm³/mol. The normalized spacial score (nSPS) is 47.5. The molecular weight excluding hydrogens is 356 g/mol. The zero-order valence-electron chi connectivity index (χ0n) is 19.5. The van der Waals surface area contributed by atoms with Gasteiger partial charge in [0.2, 0.25) is 0 Å². The van der Waals surface area contributed by atoms with Gasteiger partial charge in [-0.3, -0.25) is 14.4 Å². The number of carboxylic acids is 1. The van der Waals surface area contributed by atoms with Crippen LogP contribution < -0.4 is 0 Å². The van der Waals surface area contributed by atoms with Crippen LogP contribution in [0.1, 0.15) is 69.3 Å². The molecular formula is C23H30O5. The van der Waals surface area contributed by atoms with Crippen molar-refractivity contribution in [2.45, 2.75) is 71.2 Å². The van der Waals surface area contributed by atoms with Crippen molar-refractivity contribution in [3.8, 4) is 0 Å². The molecule has 6 atom stereocenters. The van der Waals surface area contributed by atoms with E-state index in [0.29, 0.717) is 6.42 Å². The third-order valence-electron chi connectivity index (χ3n) is 7.71. The molecule has 5 nitrogen and oxygen atoms in total. The standard InChI is InChI=1S/C23H30O5/c1-22-11-9-15(24)13-14(22)3-4-16-17-5-6-19(23(17,2)12-10-18(16)22)28-21(27)8-7-20(25)26/h9,11,13,16-19H,3-8,10,12H2,1-2H3,(H,25,26)/t16?,17?,18?,19-,22-,23-/m0/s1/i6D2,19D. The lowest BCUT2D eigenvalue weighted by Gasteiger charge is -2.56. The van der Waals surface area contributed by atoms with Crippen LogP contribution in [0.2, 0.25) is 0 Å². The Morgan fingerprint density at radius 2 is 2.07 bits per heavy atom. The predicted octanol–water partition coefficient (Wildman–Crippen LogP) is 4.07. The maximum atomic E-state index is 12.3. The molecule has 0 saturated heterocycles. The summed E-state index contributed by atoms with van der Waals surface area (Å²) in [6.07, 6.45) is 3.56. The van der Waals surface area contributed by atoms with E-state index in [2.05, 4.69) is 6.92 Å². The van der Waals surface area contributed by atoms with Crippen LogP contribution in [-0.4, -0.2) is 28.9 Å². The average Bonchev–Trinajstić information content (AvgIpc) is 2.83. The van der Waals surface area contributed by atoms with E-state index in [1.165, 1.54) is 0 Å².